The van der Waals surface area contributed by atoms with E-state index in [1.165, 1.54) is 0 Å². The van der Waals surface area contributed by atoms with Gasteiger partial charge < -0.3 is 9.64 Å². The Kier molecular flexibility index (Phi) is 2.14. The van der Waals surface area contributed by atoms with Crippen LogP contribution in [0.1, 0.15) is 26.7 Å². The maximum atomic E-state index is 12.0. The lowest BCUT2D eigenvalue weighted by Gasteiger charge is -2.29. The maximum Gasteiger partial charge on any atom is 0.228 e. The molecule has 0 N–H and O–H groups in total. The lowest BCUT2D eigenvalue weighted by Crippen LogP contribution is -2.44. The van der Waals surface area contributed by atoms with Gasteiger partial charge in [0.2, 0.25) is 5.91 Å². The minimum Gasteiger partial charge on any atom is -0.354 e. The highest BCUT2D eigenvalue weighted by molar-refractivity contribution is 5.82. The largest absolute Gasteiger partial charge is 0.354 e. The predicted molar refractivity (Wildman–Crippen MR) is 53.6 cm³/mol. The van der Waals surface area contributed by atoms with E-state index in [0.717, 1.165) is 12.8 Å². The molecule has 0 saturated carbocycles. The second-order valence-corrected chi connectivity index (χ2v) is 4.58. The molecule has 1 unspecified atom stereocenters. The molecule has 2 fully saturated rings. The fourth-order valence-corrected chi connectivity index (χ4v) is 2.53. The highest BCUT2D eigenvalue weighted by Gasteiger charge is 2.50. The molecule has 78 valence electrons. The first-order valence-electron chi connectivity index (χ1n) is 5.14. The monoisotopic (exact) mass is 195 g/mol. The van der Waals surface area contributed by atoms with E-state index in [0.29, 0.717) is 12.6 Å². The fraction of sp³-hybridized carbons (Fsp3) is 0.727. The Morgan fingerprint density at radius 3 is 3.00 bits per heavy atom. The first-order chi connectivity index (χ1) is 6.56. The number of nitrogens with zero attached hydrogens (tertiary/aromatic N) is 1. The Morgan fingerprint density at radius 2 is 2.43 bits per heavy atom. The Morgan fingerprint density at radius 1 is 1.71 bits per heavy atom. The van der Waals surface area contributed by atoms with Crippen molar-refractivity contribution in [1.82, 2.24) is 4.90 Å². The van der Waals surface area contributed by atoms with Crippen molar-refractivity contribution in [1.29, 1.82) is 0 Å². The van der Waals surface area contributed by atoms with Gasteiger partial charge in [0.15, 0.2) is 0 Å². The summed E-state index contributed by atoms with van der Waals surface area (Å²) in [5.74, 6) is 0.373. The van der Waals surface area contributed by atoms with Crippen molar-refractivity contribution in [2.75, 3.05) is 6.61 Å². The lowest BCUT2D eigenvalue weighted by molar-refractivity contribution is -0.144. The molecule has 0 aromatic rings. The number of rotatable bonds is 2. The molecule has 2 rings (SSSR count). The number of allylic oxidation sites excluding steroid dienone is 1. The van der Waals surface area contributed by atoms with Gasteiger partial charge >= 0.3 is 0 Å². The first kappa shape index (κ1) is 9.71. The van der Waals surface area contributed by atoms with E-state index in [9.17, 15) is 4.79 Å². The summed E-state index contributed by atoms with van der Waals surface area (Å²) in [5.41, 5.74) is -0.405. The van der Waals surface area contributed by atoms with Crippen LogP contribution in [0.4, 0.5) is 0 Å². The zero-order chi connectivity index (χ0) is 10.3. The first-order valence-corrected chi connectivity index (χ1v) is 5.14. The van der Waals surface area contributed by atoms with Gasteiger partial charge in [-0.2, -0.15) is 0 Å². The van der Waals surface area contributed by atoms with Gasteiger partial charge in [-0.3, -0.25) is 4.79 Å². The van der Waals surface area contributed by atoms with Crippen molar-refractivity contribution < 1.29 is 9.53 Å². The third kappa shape index (κ3) is 1.27. The van der Waals surface area contributed by atoms with Gasteiger partial charge in [0, 0.05) is 5.92 Å². The number of ether oxygens (including phenoxy) is 1. The summed E-state index contributed by atoms with van der Waals surface area (Å²) in [4.78, 5) is 13.9. The van der Waals surface area contributed by atoms with E-state index >= 15 is 0 Å². The third-order valence-corrected chi connectivity index (χ3v) is 3.17. The van der Waals surface area contributed by atoms with Gasteiger partial charge in [0.25, 0.3) is 0 Å². The predicted octanol–water partition coefficient (Wildman–Crippen LogP) is 1.55. The Bertz CT molecular complexity index is 272. The molecular formula is C11H17NO2. The molecule has 0 aromatic heterocycles. The maximum absolute atomic E-state index is 12.0. The van der Waals surface area contributed by atoms with Crippen LogP contribution in [-0.2, 0) is 9.53 Å². The summed E-state index contributed by atoms with van der Waals surface area (Å²) in [6, 6.07) is 0.294. The average Bonchev–Trinajstić information content (AvgIpc) is 2.55. The van der Waals surface area contributed by atoms with Crippen molar-refractivity contribution in [3.05, 3.63) is 12.7 Å². The minimum atomic E-state index is -0.405. The number of hydrogen-bond acceptors (Lipinski definition) is 2. The summed E-state index contributed by atoms with van der Waals surface area (Å²) >= 11 is 0. The second kappa shape index (κ2) is 3.09. The summed E-state index contributed by atoms with van der Waals surface area (Å²) in [5, 5.41) is 0. The molecule has 2 atom stereocenters. The smallest absolute Gasteiger partial charge is 0.228 e. The van der Waals surface area contributed by atoms with Crippen LogP contribution in [0.5, 0.6) is 0 Å². The van der Waals surface area contributed by atoms with Crippen molar-refractivity contribution in [3.63, 3.8) is 0 Å². The van der Waals surface area contributed by atoms with Gasteiger partial charge in [-0.15, -0.1) is 6.58 Å². The Hall–Kier alpha value is -0.830. The standard InChI is InChI=1S/C11H17NO2/c1-4-5-8-6-9-7-14-11(2,3)12(9)10(8)13/h4,8-9H,1,5-7H2,2-3H3/t8?,9-/m0/s1. The molecule has 0 aromatic carbocycles. The summed E-state index contributed by atoms with van der Waals surface area (Å²) in [6.45, 7) is 8.29. The SMILES string of the molecule is C=CCC1C[C@H]2COC(C)(C)N2C1=O. The van der Waals surface area contributed by atoms with Crippen LogP contribution >= 0.6 is 0 Å². The quantitative estimate of drug-likeness (QED) is 0.626. The number of carbonyl (C=O) groups is 1. The van der Waals surface area contributed by atoms with Crippen LogP contribution in [-0.4, -0.2) is 29.2 Å². The molecule has 0 bridgehead atoms. The van der Waals surface area contributed by atoms with Crippen LogP contribution in [0.25, 0.3) is 0 Å². The van der Waals surface area contributed by atoms with E-state index < -0.39 is 5.72 Å². The molecule has 2 aliphatic rings. The second-order valence-electron chi connectivity index (χ2n) is 4.58. The Labute approximate surface area is 84.7 Å². The molecule has 14 heavy (non-hydrogen) atoms. The van der Waals surface area contributed by atoms with Crippen molar-refractivity contribution in [2.45, 2.75) is 38.5 Å². The summed E-state index contributed by atoms with van der Waals surface area (Å²) in [7, 11) is 0. The van der Waals surface area contributed by atoms with Crippen LogP contribution < -0.4 is 0 Å². The van der Waals surface area contributed by atoms with E-state index in [-0.39, 0.29) is 11.8 Å². The number of fused-ring (bicyclic) bond motifs is 1. The Balaban J connectivity index is 2.17. The summed E-state index contributed by atoms with van der Waals surface area (Å²) in [6.07, 6.45) is 3.55. The van der Waals surface area contributed by atoms with Crippen molar-refractivity contribution >= 4 is 5.91 Å². The molecule has 3 heteroatoms. The van der Waals surface area contributed by atoms with E-state index in [4.69, 9.17) is 4.74 Å². The molecular weight excluding hydrogens is 178 g/mol. The van der Waals surface area contributed by atoms with Gasteiger partial charge in [-0.1, -0.05) is 6.08 Å². The van der Waals surface area contributed by atoms with Gasteiger partial charge in [0.1, 0.15) is 5.72 Å². The molecule has 2 saturated heterocycles. The van der Waals surface area contributed by atoms with Gasteiger partial charge in [-0.25, -0.2) is 0 Å². The lowest BCUT2D eigenvalue weighted by atomic mass is 10.0. The number of amides is 1. The van der Waals surface area contributed by atoms with E-state index in [1.807, 2.05) is 24.8 Å². The summed E-state index contributed by atoms with van der Waals surface area (Å²) < 4.78 is 5.58. The zero-order valence-corrected chi connectivity index (χ0v) is 8.82. The topological polar surface area (TPSA) is 29.5 Å². The van der Waals surface area contributed by atoms with E-state index in [1.54, 1.807) is 0 Å². The normalized spacial score (nSPS) is 34.7. The highest BCUT2D eigenvalue weighted by atomic mass is 16.5. The van der Waals surface area contributed by atoms with Crippen LogP contribution in [0, 0.1) is 5.92 Å². The molecule has 2 heterocycles. The fourth-order valence-electron chi connectivity index (χ4n) is 2.53. The van der Waals surface area contributed by atoms with Crippen molar-refractivity contribution in [2.24, 2.45) is 5.92 Å². The molecule has 3 nitrogen and oxygen atoms in total. The van der Waals surface area contributed by atoms with E-state index in [2.05, 4.69) is 6.58 Å². The highest BCUT2D eigenvalue weighted by Crippen LogP contribution is 2.38. The van der Waals surface area contributed by atoms with Crippen LogP contribution in [0.3, 0.4) is 0 Å². The van der Waals surface area contributed by atoms with Crippen LogP contribution in [0.2, 0.25) is 0 Å². The molecule has 1 amide bonds. The minimum absolute atomic E-state index is 0.140. The average molecular weight is 195 g/mol. The molecule has 0 aliphatic carbocycles. The zero-order valence-electron chi connectivity index (χ0n) is 8.82. The van der Waals surface area contributed by atoms with Crippen molar-refractivity contribution in [3.8, 4) is 0 Å². The third-order valence-electron chi connectivity index (χ3n) is 3.17. The van der Waals surface area contributed by atoms with Gasteiger partial charge in [0.05, 0.1) is 12.6 Å². The molecule has 0 radical (unpaired) electrons. The van der Waals surface area contributed by atoms with Crippen LogP contribution in [0.15, 0.2) is 12.7 Å². The molecule has 0 spiro atoms. The van der Waals surface area contributed by atoms with Gasteiger partial charge in [-0.05, 0) is 26.7 Å². The number of carbonyl (C=O) groups excluding carboxylic acids is 1. The molecule has 2 aliphatic heterocycles. The number of hydrogen-bond donors (Lipinski definition) is 0.